The molecular weight excluding hydrogens is 366 g/mol. The Hall–Kier alpha value is -3.48. The van der Waals surface area contributed by atoms with Crippen LogP contribution in [0.5, 0.6) is 0 Å². The zero-order valence-corrected chi connectivity index (χ0v) is 16.1. The van der Waals surface area contributed by atoms with Gasteiger partial charge in [0.1, 0.15) is 0 Å². The molecule has 1 saturated heterocycles. The molecule has 7 heteroatoms. The number of nitrogens with zero attached hydrogens (tertiary/aromatic N) is 4. The van der Waals surface area contributed by atoms with Gasteiger partial charge in [-0.1, -0.05) is 18.2 Å². The molecule has 7 nitrogen and oxygen atoms in total. The highest BCUT2D eigenvalue weighted by molar-refractivity contribution is 5.95. The maximum atomic E-state index is 12.6. The molecule has 4 rings (SSSR count). The van der Waals surface area contributed by atoms with Crippen LogP contribution in [0.1, 0.15) is 28.8 Å². The predicted molar refractivity (Wildman–Crippen MR) is 109 cm³/mol. The summed E-state index contributed by atoms with van der Waals surface area (Å²) >= 11 is 0. The van der Waals surface area contributed by atoms with Crippen molar-refractivity contribution < 1.29 is 9.59 Å². The van der Waals surface area contributed by atoms with E-state index in [-0.39, 0.29) is 17.7 Å². The molecule has 2 amide bonds. The van der Waals surface area contributed by atoms with Gasteiger partial charge in [0.05, 0.1) is 6.54 Å². The fraction of sp³-hybridized carbons (Fsp3) is 0.273. The van der Waals surface area contributed by atoms with E-state index in [0.717, 1.165) is 5.56 Å². The van der Waals surface area contributed by atoms with Crippen molar-refractivity contribution in [2.45, 2.75) is 19.4 Å². The number of hydrogen-bond acceptors (Lipinski definition) is 4. The van der Waals surface area contributed by atoms with E-state index in [2.05, 4.69) is 15.4 Å². The van der Waals surface area contributed by atoms with Gasteiger partial charge in [-0.3, -0.25) is 19.3 Å². The first-order valence-corrected chi connectivity index (χ1v) is 9.76. The van der Waals surface area contributed by atoms with Gasteiger partial charge in [0.2, 0.25) is 5.91 Å². The summed E-state index contributed by atoms with van der Waals surface area (Å²) in [7, 11) is 0. The maximum absolute atomic E-state index is 12.6. The molecule has 0 atom stereocenters. The molecule has 1 aliphatic heterocycles. The highest BCUT2D eigenvalue weighted by Gasteiger charge is 2.28. The third kappa shape index (κ3) is 4.68. The quantitative estimate of drug-likeness (QED) is 0.728. The molecule has 0 saturated carbocycles. The number of aromatic nitrogens is 3. The second kappa shape index (κ2) is 8.68. The van der Waals surface area contributed by atoms with Crippen LogP contribution in [0.15, 0.2) is 67.1 Å². The molecule has 148 valence electrons. The average Bonchev–Trinajstić information content (AvgIpc) is 3.21. The van der Waals surface area contributed by atoms with Crippen molar-refractivity contribution in [1.82, 2.24) is 19.7 Å². The number of carbonyl (C=O) groups excluding carboxylic acids is 2. The average molecular weight is 389 g/mol. The van der Waals surface area contributed by atoms with Gasteiger partial charge in [0, 0.05) is 49.2 Å². The van der Waals surface area contributed by atoms with Gasteiger partial charge in [0.25, 0.3) is 5.91 Å². The Balaban J connectivity index is 1.28. The van der Waals surface area contributed by atoms with Gasteiger partial charge in [-0.25, -0.2) is 0 Å². The molecule has 0 bridgehead atoms. The Labute approximate surface area is 169 Å². The van der Waals surface area contributed by atoms with Crippen LogP contribution < -0.4 is 5.32 Å². The van der Waals surface area contributed by atoms with Gasteiger partial charge in [-0.05, 0) is 42.7 Å². The number of carbonyl (C=O) groups is 2. The number of benzene rings is 1. The van der Waals surface area contributed by atoms with Crippen LogP contribution in [0.3, 0.4) is 0 Å². The minimum atomic E-state index is -0.111. The molecule has 1 aliphatic rings. The summed E-state index contributed by atoms with van der Waals surface area (Å²) in [6, 6.07) is 14.9. The number of pyridine rings is 1. The van der Waals surface area contributed by atoms with Gasteiger partial charge in [0.15, 0.2) is 5.82 Å². The van der Waals surface area contributed by atoms with Crippen molar-refractivity contribution in [2.75, 3.05) is 18.4 Å². The summed E-state index contributed by atoms with van der Waals surface area (Å²) in [6.07, 6.45) is 6.65. The normalized spacial score (nSPS) is 14.6. The van der Waals surface area contributed by atoms with Crippen molar-refractivity contribution in [3.8, 4) is 0 Å². The standard InChI is InChI=1S/C22H23N5O2/c28-21(24-20-10-15-27(25-20)16-17-6-11-23-12-7-17)18-8-13-26(14-9-18)22(29)19-4-2-1-3-5-19/h1-7,10-12,15,18H,8-9,13-14,16H2,(H,24,25,28). The smallest absolute Gasteiger partial charge is 0.253 e. The SMILES string of the molecule is O=C(Nc1ccn(Cc2ccncc2)n1)C1CCN(C(=O)c2ccccc2)CC1. The maximum Gasteiger partial charge on any atom is 0.253 e. The summed E-state index contributed by atoms with van der Waals surface area (Å²) in [5, 5.41) is 7.33. The van der Waals surface area contributed by atoms with E-state index in [9.17, 15) is 9.59 Å². The fourth-order valence-electron chi connectivity index (χ4n) is 3.53. The number of piperidine rings is 1. The van der Waals surface area contributed by atoms with E-state index in [1.807, 2.05) is 53.6 Å². The third-order valence-corrected chi connectivity index (χ3v) is 5.16. The van der Waals surface area contributed by atoms with Crippen LogP contribution in [0.2, 0.25) is 0 Å². The van der Waals surface area contributed by atoms with Crippen LogP contribution in [0.4, 0.5) is 5.82 Å². The molecule has 3 aromatic rings. The minimum Gasteiger partial charge on any atom is -0.339 e. The van der Waals surface area contributed by atoms with Crippen molar-refractivity contribution >= 4 is 17.6 Å². The molecule has 0 unspecified atom stereocenters. The molecule has 0 radical (unpaired) electrons. The zero-order chi connectivity index (χ0) is 20.1. The molecule has 0 aliphatic carbocycles. The van der Waals surface area contributed by atoms with Gasteiger partial charge >= 0.3 is 0 Å². The van der Waals surface area contributed by atoms with E-state index >= 15 is 0 Å². The third-order valence-electron chi connectivity index (χ3n) is 5.16. The lowest BCUT2D eigenvalue weighted by molar-refractivity contribution is -0.121. The van der Waals surface area contributed by atoms with Crippen LogP contribution >= 0.6 is 0 Å². The second-order valence-corrected chi connectivity index (χ2v) is 7.18. The first kappa shape index (κ1) is 18.9. The highest BCUT2D eigenvalue weighted by Crippen LogP contribution is 2.21. The highest BCUT2D eigenvalue weighted by atomic mass is 16.2. The lowest BCUT2D eigenvalue weighted by atomic mass is 9.95. The number of nitrogens with one attached hydrogen (secondary N) is 1. The Morgan fingerprint density at radius 3 is 2.45 bits per heavy atom. The lowest BCUT2D eigenvalue weighted by Crippen LogP contribution is -2.41. The number of anilines is 1. The van der Waals surface area contributed by atoms with E-state index < -0.39 is 0 Å². The molecule has 1 aromatic carbocycles. The van der Waals surface area contributed by atoms with Crippen molar-refractivity contribution in [3.05, 3.63) is 78.2 Å². The molecule has 2 aromatic heterocycles. The molecule has 29 heavy (non-hydrogen) atoms. The Kier molecular flexibility index (Phi) is 5.65. The summed E-state index contributed by atoms with van der Waals surface area (Å²) in [5.74, 6) is 0.428. The number of likely N-dealkylation sites (tertiary alicyclic amines) is 1. The van der Waals surface area contributed by atoms with E-state index in [1.54, 1.807) is 23.1 Å². The van der Waals surface area contributed by atoms with E-state index in [1.165, 1.54) is 0 Å². The number of amides is 2. The molecule has 0 spiro atoms. The molecular formula is C22H23N5O2. The molecule has 1 fully saturated rings. The monoisotopic (exact) mass is 389 g/mol. The van der Waals surface area contributed by atoms with Crippen LogP contribution in [0, 0.1) is 5.92 Å². The largest absolute Gasteiger partial charge is 0.339 e. The van der Waals surface area contributed by atoms with E-state index in [0.29, 0.717) is 43.9 Å². The van der Waals surface area contributed by atoms with Crippen molar-refractivity contribution in [1.29, 1.82) is 0 Å². The second-order valence-electron chi connectivity index (χ2n) is 7.18. The minimum absolute atomic E-state index is 0.0271. The first-order valence-electron chi connectivity index (χ1n) is 9.76. The predicted octanol–water partition coefficient (Wildman–Crippen LogP) is 2.82. The lowest BCUT2D eigenvalue weighted by Gasteiger charge is -2.31. The topological polar surface area (TPSA) is 80.1 Å². The summed E-state index contributed by atoms with van der Waals surface area (Å²) in [4.78, 5) is 31.0. The van der Waals surface area contributed by atoms with E-state index in [4.69, 9.17) is 0 Å². The Morgan fingerprint density at radius 1 is 1.00 bits per heavy atom. The Morgan fingerprint density at radius 2 is 1.72 bits per heavy atom. The van der Waals surface area contributed by atoms with Gasteiger partial charge < -0.3 is 10.2 Å². The van der Waals surface area contributed by atoms with Crippen molar-refractivity contribution in [3.63, 3.8) is 0 Å². The summed E-state index contributed by atoms with van der Waals surface area (Å²) in [6.45, 7) is 1.79. The summed E-state index contributed by atoms with van der Waals surface area (Å²) in [5.41, 5.74) is 1.78. The zero-order valence-electron chi connectivity index (χ0n) is 16.1. The summed E-state index contributed by atoms with van der Waals surface area (Å²) < 4.78 is 1.78. The van der Waals surface area contributed by atoms with Gasteiger partial charge in [-0.2, -0.15) is 5.10 Å². The fourth-order valence-corrected chi connectivity index (χ4v) is 3.53. The molecule has 1 N–H and O–H groups in total. The number of rotatable bonds is 5. The number of hydrogen-bond donors (Lipinski definition) is 1. The first-order chi connectivity index (χ1) is 14.2. The van der Waals surface area contributed by atoms with Crippen molar-refractivity contribution in [2.24, 2.45) is 5.92 Å². The van der Waals surface area contributed by atoms with Gasteiger partial charge in [-0.15, -0.1) is 0 Å². The Bertz CT molecular complexity index is 963. The molecule has 3 heterocycles. The van der Waals surface area contributed by atoms with Crippen LogP contribution in [0.25, 0.3) is 0 Å². The van der Waals surface area contributed by atoms with Crippen LogP contribution in [-0.2, 0) is 11.3 Å². The van der Waals surface area contributed by atoms with Crippen LogP contribution in [-0.4, -0.2) is 44.6 Å².